The van der Waals surface area contributed by atoms with Crippen LogP contribution in [0.15, 0.2) is 34.6 Å². The van der Waals surface area contributed by atoms with Crippen molar-refractivity contribution in [3.05, 3.63) is 41.5 Å². The molecule has 0 radical (unpaired) electrons. The molecule has 132 valence electrons. The number of hydrogen-bond acceptors (Lipinski definition) is 5. The quantitative estimate of drug-likeness (QED) is 0.828. The van der Waals surface area contributed by atoms with Gasteiger partial charge in [0.25, 0.3) is 0 Å². The predicted octanol–water partition coefficient (Wildman–Crippen LogP) is 2.80. The molecule has 0 bridgehead atoms. The third kappa shape index (κ3) is 2.75. The van der Waals surface area contributed by atoms with Crippen LogP contribution in [0.4, 0.5) is 0 Å². The first kappa shape index (κ1) is 18.3. The highest BCUT2D eigenvalue weighted by molar-refractivity contribution is 5.82. The van der Waals surface area contributed by atoms with Crippen molar-refractivity contribution in [1.29, 1.82) is 0 Å². The first-order valence-electron chi connectivity index (χ1n) is 8.14. The Kier molecular flexibility index (Phi) is 5.18. The van der Waals surface area contributed by atoms with Crippen LogP contribution in [-0.4, -0.2) is 25.3 Å². The lowest BCUT2D eigenvalue weighted by molar-refractivity contribution is -0.133. The van der Waals surface area contributed by atoms with Crippen molar-refractivity contribution in [3.63, 3.8) is 0 Å². The Morgan fingerprint density at radius 3 is 2.58 bits per heavy atom. The highest BCUT2D eigenvalue weighted by atomic mass is 16.5. The molecule has 0 aromatic carbocycles. The van der Waals surface area contributed by atoms with Gasteiger partial charge in [0.2, 0.25) is 5.91 Å². The maximum Gasteiger partial charge on any atom is 0.231 e. The summed E-state index contributed by atoms with van der Waals surface area (Å²) < 4.78 is 16.7. The van der Waals surface area contributed by atoms with Crippen molar-refractivity contribution in [2.24, 2.45) is 11.7 Å². The number of aromatic nitrogens is 1. The molecule has 0 aliphatic heterocycles. The summed E-state index contributed by atoms with van der Waals surface area (Å²) in [7, 11) is 3.01. The van der Waals surface area contributed by atoms with Gasteiger partial charge in [-0.2, -0.15) is 0 Å². The summed E-state index contributed by atoms with van der Waals surface area (Å²) in [6, 6.07) is 1.86. The van der Waals surface area contributed by atoms with Gasteiger partial charge in [-0.3, -0.25) is 4.79 Å². The molecule has 0 spiro atoms. The molecule has 2 rings (SSSR count). The average molecular weight is 334 g/mol. The maximum atomic E-state index is 12.1. The van der Waals surface area contributed by atoms with Gasteiger partial charge in [-0.15, -0.1) is 0 Å². The van der Waals surface area contributed by atoms with Crippen molar-refractivity contribution in [1.82, 2.24) is 5.16 Å². The molecule has 24 heavy (non-hydrogen) atoms. The molecular formula is C18H26N2O4. The second-order valence-electron chi connectivity index (χ2n) is 6.31. The molecule has 1 aromatic heterocycles. The van der Waals surface area contributed by atoms with Gasteiger partial charge in [0.05, 0.1) is 12.8 Å². The van der Waals surface area contributed by atoms with Crippen LogP contribution >= 0.6 is 0 Å². The lowest BCUT2D eigenvalue weighted by Gasteiger charge is -2.35. The van der Waals surface area contributed by atoms with Crippen LogP contribution in [0, 0.1) is 5.92 Å². The maximum absolute atomic E-state index is 12.1. The Labute approximate surface area is 142 Å². The van der Waals surface area contributed by atoms with E-state index in [0.29, 0.717) is 11.5 Å². The molecule has 0 fully saturated rings. The van der Waals surface area contributed by atoms with E-state index in [2.05, 4.69) is 25.9 Å². The van der Waals surface area contributed by atoms with Gasteiger partial charge in [-0.25, -0.2) is 0 Å². The van der Waals surface area contributed by atoms with E-state index in [0.717, 1.165) is 18.5 Å². The van der Waals surface area contributed by atoms with Crippen molar-refractivity contribution < 1.29 is 18.8 Å². The van der Waals surface area contributed by atoms with Crippen LogP contribution < -0.4 is 5.73 Å². The van der Waals surface area contributed by atoms with E-state index < -0.39 is 17.4 Å². The van der Waals surface area contributed by atoms with Crippen molar-refractivity contribution in [2.75, 3.05) is 14.2 Å². The van der Waals surface area contributed by atoms with E-state index >= 15 is 0 Å². The topological polar surface area (TPSA) is 87.6 Å². The average Bonchev–Trinajstić information content (AvgIpc) is 3.11. The van der Waals surface area contributed by atoms with E-state index in [9.17, 15) is 4.79 Å². The summed E-state index contributed by atoms with van der Waals surface area (Å²) >= 11 is 0. The Morgan fingerprint density at radius 1 is 1.42 bits per heavy atom. The molecule has 0 saturated carbocycles. The second-order valence-corrected chi connectivity index (χ2v) is 6.31. The largest absolute Gasteiger partial charge is 0.500 e. The monoisotopic (exact) mass is 334 g/mol. The zero-order valence-corrected chi connectivity index (χ0v) is 15.0. The normalized spacial score (nSPS) is 23.9. The molecule has 1 aromatic rings. The number of methoxy groups -OCH3 is 2. The fourth-order valence-corrected chi connectivity index (χ4v) is 3.09. The fourth-order valence-electron chi connectivity index (χ4n) is 3.09. The van der Waals surface area contributed by atoms with Gasteiger partial charge in [-0.1, -0.05) is 32.0 Å². The van der Waals surface area contributed by atoms with Crippen molar-refractivity contribution >= 4 is 5.91 Å². The van der Waals surface area contributed by atoms with E-state index in [1.807, 2.05) is 6.07 Å². The molecule has 1 heterocycles. The molecule has 2 atom stereocenters. The Hall–Kier alpha value is -2.08. The van der Waals surface area contributed by atoms with Crippen LogP contribution in [0.25, 0.3) is 0 Å². The number of nitrogens with zero attached hydrogens (tertiary/aromatic N) is 1. The number of rotatable bonds is 7. The third-order valence-corrected chi connectivity index (χ3v) is 5.25. The SMILES string of the molecule is CCC(C)(CC)c1cc(C2(OC)C=CC=C(OC)C2C(N)=O)on1. The first-order chi connectivity index (χ1) is 11.4. The van der Waals surface area contributed by atoms with Crippen molar-refractivity contribution in [3.8, 4) is 0 Å². The Bertz CT molecular complexity index is 658. The van der Waals surface area contributed by atoms with E-state index in [4.69, 9.17) is 19.7 Å². The summed E-state index contributed by atoms with van der Waals surface area (Å²) in [6.07, 6.45) is 7.07. The lowest BCUT2D eigenvalue weighted by atomic mass is 9.77. The summed E-state index contributed by atoms with van der Waals surface area (Å²) in [5.74, 6) is -0.511. The molecule has 0 saturated heterocycles. The second kappa shape index (κ2) is 6.81. The Morgan fingerprint density at radius 2 is 2.08 bits per heavy atom. The fraction of sp³-hybridized carbons (Fsp3) is 0.556. The standard InChI is InChI=1S/C18H26N2O4/c1-6-17(3,7-2)13-11-14(24-20-13)18(23-5)10-8-9-12(22-4)15(18)16(19)21/h8-11,15H,6-7H2,1-5H3,(H2,19,21). The molecule has 1 aliphatic carbocycles. The highest BCUT2D eigenvalue weighted by Gasteiger charge is 2.50. The van der Waals surface area contributed by atoms with E-state index in [1.165, 1.54) is 14.2 Å². The number of ether oxygens (including phenoxy) is 2. The van der Waals surface area contributed by atoms with Crippen LogP contribution in [-0.2, 0) is 25.3 Å². The minimum atomic E-state index is -1.17. The van der Waals surface area contributed by atoms with Gasteiger partial charge >= 0.3 is 0 Å². The zero-order valence-electron chi connectivity index (χ0n) is 15.0. The third-order valence-electron chi connectivity index (χ3n) is 5.25. The Balaban J connectivity index is 2.55. The van der Waals surface area contributed by atoms with Crippen LogP contribution in [0.1, 0.15) is 45.1 Å². The van der Waals surface area contributed by atoms with Crippen LogP contribution in [0.3, 0.4) is 0 Å². The number of carbonyl (C=O) groups excluding carboxylic acids is 1. The molecular weight excluding hydrogens is 308 g/mol. The lowest BCUT2D eigenvalue weighted by Crippen LogP contribution is -2.45. The zero-order chi connectivity index (χ0) is 18.0. The van der Waals surface area contributed by atoms with E-state index in [1.54, 1.807) is 18.2 Å². The summed E-state index contributed by atoms with van der Waals surface area (Å²) in [5, 5.41) is 4.24. The van der Waals surface area contributed by atoms with Crippen LogP contribution in [0.2, 0.25) is 0 Å². The number of hydrogen-bond donors (Lipinski definition) is 1. The molecule has 1 amide bonds. The summed E-state index contributed by atoms with van der Waals surface area (Å²) in [4.78, 5) is 12.1. The molecule has 1 aliphatic rings. The first-order valence-corrected chi connectivity index (χ1v) is 8.14. The molecule has 2 N–H and O–H groups in total. The molecule has 2 unspecified atom stereocenters. The van der Waals surface area contributed by atoms with Crippen LogP contribution in [0.5, 0.6) is 0 Å². The minimum absolute atomic E-state index is 0.1000. The highest BCUT2D eigenvalue weighted by Crippen LogP contribution is 2.43. The summed E-state index contributed by atoms with van der Waals surface area (Å²) in [5.41, 5.74) is 5.20. The molecule has 6 heteroatoms. The van der Waals surface area contributed by atoms with Gasteiger partial charge in [0.1, 0.15) is 11.7 Å². The van der Waals surface area contributed by atoms with Crippen molar-refractivity contribution in [2.45, 2.75) is 44.6 Å². The predicted molar refractivity (Wildman–Crippen MR) is 90.0 cm³/mol. The summed E-state index contributed by atoms with van der Waals surface area (Å²) in [6.45, 7) is 6.36. The number of carbonyl (C=O) groups is 1. The smallest absolute Gasteiger partial charge is 0.231 e. The van der Waals surface area contributed by atoms with Gasteiger partial charge in [-0.05, 0) is 25.0 Å². The minimum Gasteiger partial charge on any atom is -0.500 e. The van der Waals surface area contributed by atoms with Gasteiger partial charge in [0, 0.05) is 18.6 Å². The number of amides is 1. The number of nitrogens with two attached hydrogens (primary N) is 1. The van der Waals surface area contributed by atoms with E-state index in [-0.39, 0.29) is 5.41 Å². The number of primary amides is 1. The molecule has 6 nitrogen and oxygen atoms in total. The van der Waals surface area contributed by atoms with Gasteiger partial charge < -0.3 is 19.7 Å². The number of allylic oxidation sites excluding steroid dienone is 2. The van der Waals surface area contributed by atoms with Gasteiger partial charge in [0.15, 0.2) is 11.4 Å².